The zero-order chi connectivity index (χ0) is 20.1. The molecule has 0 saturated carbocycles. The molecule has 2 aromatic carbocycles. The molecule has 0 saturated heterocycles. The van der Waals surface area contributed by atoms with Crippen LogP contribution in [-0.2, 0) is 16.0 Å². The molecule has 1 unspecified atom stereocenters. The van der Waals surface area contributed by atoms with Crippen LogP contribution in [0, 0.1) is 0 Å². The van der Waals surface area contributed by atoms with Crippen molar-refractivity contribution >= 4 is 16.9 Å². The van der Waals surface area contributed by atoms with Crippen LogP contribution in [0.5, 0.6) is 17.2 Å². The Morgan fingerprint density at radius 1 is 0.929 bits per heavy atom. The van der Waals surface area contributed by atoms with Gasteiger partial charge in [-0.25, -0.2) is 0 Å². The average molecular weight is 381 g/mol. The van der Waals surface area contributed by atoms with Crippen molar-refractivity contribution in [2.45, 2.75) is 12.3 Å². The van der Waals surface area contributed by atoms with Gasteiger partial charge >= 0.3 is 5.97 Å². The first-order valence-corrected chi connectivity index (χ1v) is 8.82. The van der Waals surface area contributed by atoms with E-state index in [9.17, 15) is 4.79 Å². The molecule has 0 aliphatic carbocycles. The van der Waals surface area contributed by atoms with E-state index in [1.54, 1.807) is 39.7 Å². The largest absolute Gasteiger partial charge is 0.496 e. The summed E-state index contributed by atoms with van der Waals surface area (Å²) in [5, 5.41) is 0.901. The summed E-state index contributed by atoms with van der Waals surface area (Å²) in [5.74, 6) is 1.08. The number of benzene rings is 2. The topological polar surface area (TPSA) is 66.9 Å². The Kier molecular flexibility index (Phi) is 5.99. The van der Waals surface area contributed by atoms with Crippen molar-refractivity contribution in [3.05, 3.63) is 59.8 Å². The van der Waals surface area contributed by atoms with Crippen molar-refractivity contribution in [1.29, 1.82) is 0 Å². The van der Waals surface area contributed by atoms with Crippen molar-refractivity contribution in [3.63, 3.8) is 0 Å². The number of hydrogen-bond donors (Lipinski definition) is 0. The zero-order valence-electron chi connectivity index (χ0n) is 16.4. The molecular formula is C22H23NO5. The van der Waals surface area contributed by atoms with Crippen molar-refractivity contribution in [2.75, 3.05) is 28.4 Å². The minimum absolute atomic E-state index is 0.327. The van der Waals surface area contributed by atoms with E-state index in [2.05, 4.69) is 4.98 Å². The molecule has 146 valence electrons. The van der Waals surface area contributed by atoms with E-state index in [1.807, 2.05) is 30.3 Å². The van der Waals surface area contributed by atoms with Gasteiger partial charge in [0.2, 0.25) is 0 Å². The summed E-state index contributed by atoms with van der Waals surface area (Å²) in [6, 6.07) is 13.1. The van der Waals surface area contributed by atoms with Crippen molar-refractivity contribution in [2.24, 2.45) is 0 Å². The van der Waals surface area contributed by atoms with Crippen LogP contribution in [-0.4, -0.2) is 39.4 Å². The first kappa shape index (κ1) is 19.5. The van der Waals surface area contributed by atoms with E-state index in [-0.39, 0.29) is 5.97 Å². The lowest BCUT2D eigenvalue weighted by Crippen LogP contribution is -2.17. The maximum atomic E-state index is 12.5. The van der Waals surface area contributed by atoms with Crippen LogP contribution in [0.3, 0.4) is 0 Å². The highest BCUT2D eigenvalue weighted by molar-refractivity contribution is 5.86. The van der Waals surface area contributed by atoms with Crippen molar-refractivity contribution < 1.29 is 23.7 Å². The molecule has 1 atom stereocenters. The smallest absolute Gasteiger partial charge is 0.313 e. The molecule has 0 spiro atoms. The Bertz CT molecular complexity index is 986. The highest BCUT2D eigenvalue weighted by Gasteiger charge is 2.24. The number of rotatable bonds is 7. The van der Waals surface area contributed by atoms with Gasteiger partial charge in [-0.15, -0.1) is 0 Å². The predicted molar refractivity (Wildman–Crippen MR) is 106 cm³/mol. The van der Waals surface area contributed by atoms with E-state index in [1.165, 1.54) is 7.11 Å². The van der Waals surface area contributed by atoms with Crippen LogP contribution in [0.25, 0.3) is 10.9 Å². The highest BCUT2D eigenvalue weighted by Crippen LogP contribution is 2.33. The summed E-state index contributed by atoms with van der Waals surface area (Å²) in [6.07, 6.45) is 2.21. The number of fused-ring (bicyclic) bond motifs is 1. The number of ether oxygens (including phenoxy) is 4. The second kappa shape index (κ2) is 8.61. The van der Waals surface area contributed by atoms with Gasteiger partial charge in [0.15, 0.2) is 11.5 Å². The molecule has 0 N–H and O–H groups in total. The van der Waals surface area contributed by atoms with Crippen LogP contribution in [0.15, 0.2) is 48.7 Å². The van der Waals surface area contributed by atoms with E-state index in [0.29, 0.717) is 17.9 Å². The molecule has 3 aromatic rings. The van der Waals surface area contributed by atoms with E-state index in [0.717, 1.165) is 27.8 Å². The van der Waals surface area contributed by atoms with Gasteiger partial charge in [-0.1, -0.05) is 12.1 Å². The summed E-state index contributed by atoms with van der Waals surface area (Å²) in [4.78, 5) is 17.0. The van der Waals surface area contributed by atoms with E-state index < -0.39 is 5.92 Å². The quantitative estimate of drug-likeness (QED) is 0.581. The second-order valence-corrected chi connectivity index (χ2v) is 6.26. The van der Waals surface area contributed by atoms with Crippen molar-refractivity contribution in [1.82, 2.24) is 4.98 Å². The number of pyridine rings is 1. The van der Waals surface area contributed by atoms with Gasteiger partial charge in [-0.05, 0) is 47.9 Å². The maximum absolute atomic E-state index is 12.5. The third kappa shape index (κ3) is 3.86. The maximum Gasteiger partial charge on any atom is 0.313 e. The molecule has 0 radical (unpaired) electrons. The Labute approximate surface area is 164 Å². The number of esters is 1. The monoisotopic (exact) mass is 381 g/mol. The fraction of sp³-hybridized carbons (Fsp3) is 0.273. The van der Waals surface area contributed by atoms with Gasteiger partial charge in [0.1, 0.15) is 5.75 Å². The molecule has 1 heterocycles. The highest BCUT2D eigenvalue weighted by atomic mass is 16.5. The van der Waals surface area contributed by atoms with Crippen LogP contribution in [0.2, 0.25) is 0 Å². The molecule has 6 nitrogen and oxygen atoms in total. The van der Waals surface area contributed by atoms with E-state index in [4.69, 9.17) is 18.9 Å². The van der Waals surface area contributed by atoms with Crippen LogP contribution >= 0.6 is 0 Å². The molecule has 0 amide bonds. The van der Waals surface area contributed by atoms with Crippen LogP contribution < -0.4 is 14.2 Å². The number of carbonyl (C=O) groups excluding carboxylic acids is 1. The Morgan fingerprint density at radius 3 is 2.36 bits per heavy atom. The summed E-state index contributed by atoms with van der Waals surface area (Å²) in [7, 11) is 6.15. The minimum Gasteiger partial charge on any atom is -0.496 e. The SMILES string of the molecule is COC(=O)C(Cc1cnc2cccc(OC)c2c1)c1ccc(OC)c(OC)c1. The predicted octanol–water partition coefficient (Wildman–Crippen LogP) is 3.76. The van der Waals surface area contributed by atoms with Gasteiger partial charge in [0.25, 0.3) is 0 Å². The fourth-order valence-electron chi connectivity index (χ4n) is 3.24. The Hall–Kier alpha value is -3.28. The fourth-order valence-corrected chi connectivity index (χ4v) is 3.24. The molecule has 0 aliphatic rings. The molecule has 6 heteroatoms. The molecule has 1 aromatic heterocycles. The van der Waals surface area contributed by atoms with Crippen molar-refractivity contribution in [3.8, 4) is 17.2 Å². The van der Waals surface area contributed by atoms with Crippen LogP contribution in [0.1, 0.15) is 17.0 Å². The molecule has 0 fully saturated rings. The van der Waals surface area contributed by atoms with Gasteiger partial charge in [0.05, 0.1) is 39.9 Å². The molecular weight excluding hydrogens is 358 g/mol. The lowest BCUT2D eigenvalue weighted by Gasteiger charge is -2.17. The minimum atomic E-state index is -0.501. The summed E-state index contributed by atoms with van der Waals surface area (Å²) < 4.78 is 21.1. The zero-order valence-corrected chi connectivity index (χ0v) is 16.4. The Morgan fingerprint density at radius 2 is 1.68 bits per heavy atom. The lowest BCUT2D eigenvalue weighted by atomic mass is 9.91. The van der Waals surface area contributed by atoms with Gasteiger partial charge < -0.3 is 18.9 Å². The molecule has 3 rings (SSSR count). The number of nitrogens with zero attached hydrogens (tertiary/aromatic N) is 1. The lowest BCUT2D eigenvalue weighted by molar-refractivity contribution is -0.142. The first-order valence-electron chi connectivity index (χ1n) is 8.82. The summed E-state index contributed by atoms with van der Waals surface area (Å²) in [6.45, 7) is 0. The Balaban J connectivity index is 2.00. The number of methoxy groups -OCH3 is 4. The van der Waals surface area contributed by atoms with Gasteiger partial charge in [-0.2, -0.15) is 0 Å². The van der Waals surface area contributed by atoms with Gasteiger partial charge in [0, 0.05) is 11.6 Å². The summed E-state index contributed by atoms with van der Waals surface area (Å²) >= 11 is 0. The number of carbonyl (C=O) groups is 1. The number of aromatic nitrogens is 1. The van der Waals surface area contributed by atoms with Crippen LogP contribution in [0.4, 0.5) is 0 Å². The molecule has 0 bridgehead atoms. The van der Waals surface area contributed by atoms with E-state index >= 15 is 0 Å². The second-order valence-electron chi connectivity index (χ2n) is 6.26. The normalized spacial score (nSPS) is 11.7. The standard InChI is InChI=1S/C22H23NO5/c1-25-19-7-5-6-18-17(19)11-14(13-23-18)10-16(22(24)28-4)15-8-9-20(26-2)21(12-15)27-3/h5-9,11-13,16H,10H2,1-4H3. The molecule has 0 aliphatic heterocycles. The third-order valence-electron chi connectivity index (χ3n) is 4.70. The first-order chi connectivity index (χ1) is 13.6. The summed E-state index contributed by atoms with van der Waals surface area (Å²) in [5.41, 5.74) is 2.52. The molecule has 28 heavy (non-hydrogen) atoms. The third-order valence-corrected chi connectivity index (χ3v) is 4.70. The average Bonchev–Trinajstić information content (AvgIpc) is 2.75. The number of hydrogen-bond acceptors (Lipinski definition) is 6. The van der Waals surface area contributed by atoms with Gasteiger partial charge in [-0.3, -0.25) is 9.78 Å².